The van der Waals surface area contributed by atoms with Crippen LogP contribution in [-0.2, 0) is 6.42 Å². The minimum absolute atomic E-state index is 0.0368. The van der Waals surface area contributed by atoms with Gasteiger partial charge in [0.25, 0.3) is 0 Å². The number of hydrogen-bond acceptors (Lipinski definition) is 6. The molecule has 0 bridgehead atoms. The number of nitriles is 1. The van der Waals surface area contributed by atoms with Crippen molar-refractivity contribution >= 4 is 23.2 Å². The first-order chi connectivity index (χ1) is 14.2. The van der Waals surface area contributed by atoms with Gasteiger partial charge in [0.1, 0.15) is 11.1 Å². The number of carbonyl (C=O) groups is 1. The lowest BCUT2D eigenvalue weighted by Gasteiger charge is -2.13. The first kappa shape index (κ1) is 18.9. The molecule has 4 rings (SSSR count). The number of thiazole rings is 1. The Kier molecular flexibility index (Phi) is 5.41. The van der Waals surface area contributed by atoms with Gasteiger partial charge >= 0.3 is 0 Å². The summed E-state index contributed by atoms with van der Waals surface area (Å²) >= 11 is 1.45. The molecule has 5 nitrogen and oxygen atoms in total. The Balaban J connectivity index is 1.61. The van der Waals surface area contributed by atoms with Crippen molar-refractivity contribution in [2.24, 2.45) is 0 Å². The Bertz CT molecular complexity index is 1130. The lowest BCUT2D eigenvalue weighted by Crippen LogP contribution is -2.12. The Morgan fingerprint density at radius 1 is 1.17 bits per heavy atom. The predicted molar refractivity (Wildman–Crippen MR) is 112 cm³/mol. The summed E-state index contributed by atoms with van der Waals surface area (Å²) < 4.78 is 10.7. The van der Waals surface area contributed by atoms with Crippen LogP contribution in [0.5, 0.6) is 11.5 Å². The van der Waals surface area contributed by atoms with Crippen LogP contribution in [0.2, 0.25) is 0 Å². The smallest absolute Gasteiger partial charge is 0.200 e. The number of methoxy groups -OCH3 is 1. The molecule has 0 saturated heterocycles. The van der Waals surface area contributed by atoms with Crippen LogP contribution in [0.15, 0.2) is 54.1 Å². The number of hydrogen-bond donors (Lipinski definition) is 0. The number of aromatic nitrogens is 1. The minimum atomic E-state index is -0.0484. The molecule has 0 saturated carbocycles. The van der Waals surface area contributed by atoms with Crippen LogP contribution in [0.25, 0.3) is 16.6 Å². The van der Waals surface area contributed by atoms with Crippen molar-refractivity contribution < 1.29 is 14.3 Å². The molecule has 0 fully saturated rings. The SMILES string of the molecule is COc1cc(C=C2CCc3nc(-c4ccccc4)sc3C2=O)ccc1OCC#N. The number of carbonyl (C=O) groups excluding carboxylic acids is 1. The maximum atomic E-state index is 13.0. The van der Waals surface area contributed by atoms with Gasteiger partial charge in [0.15, 0.2) is 18.1 Å². The van der Waals surface area contributed by atoms with E-state index in [1.807, 2.05) is 54.6 Å². The highest BCUT2D eigenvalue weighted by molar-refractivity contribution is 7.17. The summed E-state index contributed by atoms with van der Waals surface area (Å²) in [6.45, 7) is -0.0484. The summed E-state index contributed by atoms with van der Waals surface area (Å²) in [4.78, 5) is 18.5. The summed E-state index contributed by atoms with van der Waals surface area (Å²) in [6.07, 6.45) is 3.29. The third-order valence-electron chi connectivity index (χ3n) is 4.67. The average Bonchev–Trinajstić information content (AvgIpc) is 3.20. The Hall–Kier alpha value is -3.43. The number of benzene rings is 2. The highest BCUT2D eigenvalue weighted by Crippen LogP contribution is 2.36. The van der Waals surface area contributed by atoms with E-state index in [1.165, 1.54) is 11.3 Å². The minimum Gasteiger partial charge on any atom is -0.493 e. The molecule has 0 amide bonds. The molecule has 0 atom stereocenters. The van der Waals surface area contributed by atoms with Gasteiger partial charge in [0.2, 0.25) is 5.78 Å². The zero-order valence-corrected chi connectivity index (χ0v) is 16.7. The maximum Gasteiger partial charge on any atom is 0.200 e. The van der Waals surface area contributed by atoms with Crippen LogP contribution in [0.1, 0.15) is 27.3 Å². The quantitative estimate of drug-likeness (QED) is 0.566. The number of allylic oxidation sites excluding steroid dienone is 1. The van der Waals surface area contributed by atoms with Crippen molar-refractivity contribution in [3.63, 3.8) is 0 Å². The van der Waals surface area contributed by atoms with Crippen molar-refractivity contribution in [3.8, 4) is 28.1 Å². The fourth-order valence-corrected chi connectivity index (χ4v) is 4.35. The van der Waals surface area contributed by atoms with E-state index >= 15 is 0 Å². The summed E-state index contributed by atoms with van der Waals surface area (Å²) in [5.74, 6) is 1.07. The Labute approximate surface area is 172 Å². The van der Waals surface area contributed by atoms with Crippen molar-refractivity contribution in [2.45, 2.75) is 12.8 Å². The molecule has 0 spiro atoms. The van der Waals surface area contributed by atoms with E-state index < -0.39 is 0 Å². The molecular weight excluding hydrogens is 384 g/mol. The summed E-state index contributed by atoms with van der Waals surface area (Å²) in [6, 6.07) is 17.3. The molecule has 0 radical (unpaired) electrons. The first-order valence-corrected chi connectivity index (χ1v) is 9.99. The number of fused-ring (bicyclic) bond motifs is 1. The van der Waals surface area contributed by atoms with E-state index in [1.54, 1.807) is 13.2 Å². The summed E-state index contributed by atoms with van der Waals surface area (Å²) in [7, 11) is 1.55. The molecule has 1 heterocycles. The second kappa shape index (κ2) is 8.29. The fourth-order valence-electron chi connectivity index (χ4n) is 3.26. The van der Waals surface area contributed by atoms with E-state index in [9.17, 15) is 4.79 Å². The molecule has 29 heavy (non-hydrogen) atoms. The number of nitrogens with zero attached hydrogens (tertiary/aromatic N) is 2. The van der Waals surface area contributed by atoms with Crippen molar-refractivity contribution in [1.82, 2.24) is 4.98 Å². The van der Waals surface area contributed by atoms with Crippen molar-refractivity contribution in [1.29, 1.82) is 5.26 Å². The molecule has 3 aromatic rings. The van der Waals surface area contributed by atoms with E-state index in [0.717, 1.165) is 38.7 Å². The standard InChI is InChI=1S/C23H18N2O3S/c1-27-20-14-15(7-10-19(20)28-12-11-24)13-17-8-9-18-22(21(17)26)29-23(25-18)16-5-3-2-4-6-16/h2-7,10,13-14H,8-9,12H2,1H3. The molecule has 2 aromatic carbocycles. The van der Waals surface area contributed by atoms with Gasteiger partial charge in [0, 0.05) is 11.1 Å². The van der Waals surface area contributed by atoms with Crippen molar-refractivity contribution in [2.75, 3.05) is 13.7 Å². The fraction of sp³-hybridized carbons (Fsp3) is 0.174. The molecule has 6 heteroatoms. The monoisotopic (exact) mass is 402 g/mol. The van der Waals surface area contributed by atoms with Gasteiger partial charge in [-0.2, -0.15) is 5.26 Å². The normalized spacial score (nSPS) is 14.3. The molecule has 1 aromatic heterocycles. The zero-order chi connectivity index (χ0) is 20.2. The number of rotatable bonds is 5. The summed E-state index contributed by atoms with van der Waals surface area (Å²) in [5, 5.41) is 9.56. The second-order valence-electron chi connectivity index (χ2n) is 6.52. The zero-order valence-electron chi connectivity index (χ0n) is 15.8. The molecular formula is C23H18N2O3S. The maximum absolute atomic E-state index is 13.0. The van der Waals surface area contributed by atoms with E-state index in [0.29, 0.717) is 17.9 Å². The van der Waals surface area contributed by atoms with Gasteiger partial charge in [-0.3, -0.25) is 4.79 Å². The first-order valence-electron chi connectivity index (χ1n) is 9.18. The lowest BCUT2D eigenvalue weighted by molar-refractivity contribution is 0.103. The molecule has 0 aliphatic heterocycles. The Morgan fingerprint density at radius 3 is 2.76 bits per heavy atom. The number of Topliss-reactive ketones (excluding diaryl/α,β-unsaturated/α-hetero) is 1. The highest BCUT2D eigenvalue weighted by Gasteiger charge is 2.26. The van der Waals surface area contributed by atoms with Gasteiger partial charge in [-0.15, -0.1) is 11.3 Å². The molecule has 0 N–H and O–H groups in total. The van der Waals surface area contributed by atoms with Gasteiger partial charge < -0.3 is 9.47 Å². The molecule has 1 aliphatic rings. The van der Waals surface area contributed by atoms with Crippen LogP contribution in [0.4, 0.5) is 0 Å². The third kappa shape index (κ3) is 3.91. The third-order valence-corrected chi connectivity index (χ3v) is 5.81. The van der Waals surface area contributed by atoms with Gasteiger partial charge in [-0.05, 0) is 36.6 Å². The second-order valence-corrected chi connectivity index (χ2v) is 7.52. The van der Waals surface area contributed by atoms with E-state index in [-0.39, 0.29) is 12.4 Å². The highest BCUT2D eigenvalue weighted by atomic mass is 32.1. The number of ketones is 1. The largest absolute Gasteiger partial charge is 0.493 e. The molecule has 1 aliphatic carbocycles. The topological polar surface area (TPSA) is 72.2 Å². The van der Waals surface area contributed by atoms with Crippen LogP contribution >= 0.6 is 11.3 Å². The van der Waals surface area contributed by atoms with Crippen molar-refractivity contribution in [3.05, 3.63) is 70.2 Å². The van der Waals surface area contributed by atoms with Gasteiger partial charge in [-0.25, -0.2) is 4.98 Å². The van der Waals surface area contributed by atoms with Crippen LogP contribution in [0.3, 0.4) is 0 Å². The van der Waals surface area contributed by atoms with Crippen LogP contribution in [-0.4, -0.2) is 24.5 Å². The number of ether oxygens (including phenoxy) is 2. The lowest BCUT2D eigenvalue weighted by atomic mass is 9.94. The predicted octanol–water partition coefficient (Wildman–Crippen LogP) is 4.93. The average molecular weight is 402 g/mol. The molecule has 0 unspecified atom stereocenters. The molecule has 144 valence electrons. The van der Waals surface area contributed by atoms with Gasteiger partial charge in [0.05, 0.1) is 17.7 Å². The van der Waals surface area contributed by atoms with Crippen LogP contribution < -0.4 is 9.47 Å². The summed E-state index contributed by atoms with van der Waals surface area (Å²) in [5.41, 5.74) is 3.52. The van der Waals surface area contributed by atoms with E-state index in [4.69, 9.17) is 14.7 Å². The van der Waals surface area contributed by atoms with Crippen LogP contribution in [0, 0.1) is 11.3 Å². The Morgan fingerprint density at radius 2 is 2.00 bits per heavy atom. The number of aryl methyl sites for hydroxylation is 1. The van der Waals surface area contributed by atoms with Gasteiger partial charge in [-0.1, -0.05) is 36.4 Å². The van der Waals surface area contributed by atoms with E-state index in [2.05, 4.69) is 4.98 Å².